The first-order chi connectivity index (χ1) is 12.7. The number of sulfone groups is 1. The minimum Gasteiger partial charge on any atom is -0.348 e. The molecule has 3 rings (SSSR count). The summed E-state index contributed by atoms with van der Waals surface area (Å²) < 4.78 is 28.3. The van der Waals surface area contributed by atoms with Crippen LogP contribution >= 0.6 is 0 Å². The number of benzene rings is 1. The first-order valence-corrected chi connectivity index (χ1v) is 10.4. The van der Waals surface area contributed by atoms with Crippen molar-refractivity contribution < 1.29 is 17.7 Å². The van der Waals surface area contributed by atoms with Gasteiger partial charge in [0, 0.05) is 18.5 Å². The average Bonchev–Trinajstić information content (AvgIpc) is 2.99. The molecule has 3 aromatic rings. The van der Waals surface area contributed by atoms with E-state index in [2.05, 4.69) is 15.5 Å². The Labute approximate surface area is 157 Å². The van der Waals surface area contributed by atoms with Gasteiger partial charge in [0.2, 0.25) is 0 Å². The van der Waals surface area contributed by atoms with Crippen LogP contribution in [0.15, 0.2) is 39.8 Å². The van der Waals surface area contributed by atoms with E-state index in [9.17, 15) is 13.2 Å². The van der Waals surface area contributed by atoms with Crippen molar-refractivity contribution >= 4 is 26.8 Å². The SMILES string of the molecule is Cc1noc2nc(C(C)C)cc(C(=O)NCc3ccc(S(C)(=O)=O)cc3)c12. The molecule has 27 heavy (non-hydrogen) atoms. The second-order valence-electron chi connectivity index (χ2n) is 6.80. The number of rotatable bonds is 5. The largest absolute Gasteiger partial charge is 0.348 e. The summed E-state index contributed by atoms with van der Waals surface area (Å²) in [6, 6.07) is 8.19. The molecule has 2 heterocycles. The van der Waals surface area contributed by atoms with Gasteiger partial charge in [-0.1, -0.05) is 31.1 Å². The van der Waals surface area contributed by atoms with Crippen molar-refractivity contribution in [3.63, 3.8) is 0 Å². The lowest BCUT2D eigenvalue weighted by Gasteiger charge is -2.10. The van der Waals surface area contributed by atoms with Gasteiger partial charge in [0.05, 0.1) is 21.5 Å². The number of carbonyl (C=O) groups is 1. The maximum atomic E-state index is 12.8. The van der Waals surface area contributed by atoms with Gasteiger partial charge in [0.1, 0.15) is 0 Å². The number of fused-ring (bicyclic) bond motifs is 1. The van der Waals surface area contributed by atoms with Crippen LogP contribution in [0.25, 0.3) is 11.1 Å². The highest BCUT2D eigenvalue weighted by molar-refractivity contribution is 7.90. The first kappa shape index (κ1) is 19.0. The van der Waals surface area contributed by atoms with Crippen molar-refractivity contribution in [1.29, 1.82) is 0 Å². The smallest absolute Gasteiger partial charge is 0.259 e. The van der Waals surface area contributed by atoms with E-state index in [1.807, 2.05) is 13.8 Å². The Hall–Kier alpha value is -2.74. The highest BCUT2D eigenvalue weighted by Gasteiger charge is 2.19. The Morgan fingerprint density at radius 1 is 1.22 bits per heavy atom. The van der Waals surface area contributed by atoms with Crippen molar-refractivity contribution in [2.75, 3.05) is 6.26 Å². The Morgan fingerprint density at radius 3 is 2.48 bits per heavy atom. The van der Waals surface area contributed by atoms with Gasteiger partial charge in [0.25, 0.3) is 11.6 Å². The van der Waals surface area contributed by atoms with Gasteiger partial charge >= 0.3 is 0 Å². The third kappa shape index (κ3) is 4.00. The first-order valence-electron chi connectivity index (χ1n) is 8.51. The van der Waals surface area contributed by atoms with Gasteiger partial charge in [-0.15, -0.1) is 0 Å². The van der Waals surface area contributed by atoms with Crippen LogP contribution in [0, 0.1) is 6.92 Å². The van der Waals surface area contributed by atoms with Crippen molar-refractivity contribution in [2.24, 2.45) is 0 Å². The number of nitrogens with zero attached hydrogens (tertiary/aromatic N) is 2. The van der Waals surface area contributed by atoms with Crippen LogP contribution in [0.3, 0.4) is 0 Å². The fourth-order valence-electron chi connectivity index (χ4n) is 2.72. The number of hydrogen-bond donors (Lipinski definition) is 1. The molecule has 0 saturated heterocycles. The number of hydrogen-bond acceptors (Lipinski definition) is 6. The Bertz CT molecular complexity index is 1100. The Balaban J connectivity index is 1.85. The predicted molar refractivity (Wildman–Crippen MR) is 101 cm³/mol. The van der Waals surface area contributed by atoms with Crippen molar-refractivity contribution in [2.45, 2.75) is 38.1 Å². The average molecular weight is 387 g/mol. The zero-order valence-corrected chi connectivity index (χ0v) is 16.4. The van der Waals surface area contributed by atoms with Crippen molar-refractivity contribution in [1.82, 2.24) is 15.5 Å². The summed E-state index contributed by atoms with van der Waals surface area (Å²) in [4.78, 5) is 17.4. The summed E-state index contributed by atoms with van der Waals surface area (Å²) >= 11 is 0. The van der Waals surface area contributed by atoms with Gasteiger partial charge in [0.15, 0.2) is 9.84 Å². The van der Waals surface area contributed by atoms with E-state index in [-0.39, 0.29) is 23.3 Å². The number of pyridine rings is 1. The van der Waals surface area contributed by atoms with Crippen LogP contribution in [-0.4, -0.2) is 30.7 Å². The van der Waals surface area contributed by atoms with Crippen LogP contribution in [0.1, 0.15) is 47.1 Å². The van der Waals surface area contributed by atoms with Crippen LogP contribution in [0.5, 0.6) is 0 Å². The van der Waals surface area contributed by atoms with E-state index >= 15 is 0 Å². The second-order valence-corrected chi connectivity index (χ2v) is 8.81. The molecule has 8 heteroatoms. The molecule has 1 N–H and O–H groups in total. The molecule has 2 aromatic heterocycles. The second kappa shape index (κ2) is 7.11. The molecule has 0 atom stereocenters. The fourth-order valence-corrected chi connectivity index (χ4v) is 3.35. The van der Waals surface area contributed by atoms with Crippen molar-refractivity contribution in [3.8, 4) is 0 Å². The highest BCUT2D eigenvalue weighted by Crippen LogP contribution is 2.25. The van der Waals surface area contributed by atoms with Crippen LogP contribution in [0.4, 0.5) is 0 Å². The molecule has 7 nitrogen and oxygen atoms in total. The molecule has 0 unspecified atom stereocenters. The van der Waals surface area contributed by atoms with E-state index in [4.69, 9.17) is 4.52 Å². The van der Waals surface area contributed by atoms with Gasteiger partial charge in [-0.3, -0.25) is 4.79 Å². The monoisotopic (exact) mass is 387 g/mol. The number of amides is 1. The molecule has 0 saturated carbocycles. The lowest BCUT2D eigenvalue weighted by Crippen LogP contribution is -2.23. The van der Waals surface area contributed by atoms with Gasteiger partial charge in [-0.25, -0.2) is 13.4 Å². The summed E-state index contributed by atoms with van der Waals surface area (Å²) in [6.45, 7) is 6.02. The standard InChI is InChI=1S/C19H21N3O4S/c1-11(2)16-9-15(17-12(3)22-26-19(17)21-16)18(23)20-10-13-5-7-14(8-6-13)27(4,24)25/h5-9,11H,10H2,1-4H3,(H,20,23). The summed E-state index contributed by atoms with van der Waals surface area (Å²) in [5, 5.41) is 7.38. The molecule has 0 bridgehead atoms. The van der Waals surface area contributed by atoms with E-state index in [1.54, 1.807) is 25.1 Å². The molecule has 0 radical (unpaired) electrons. The predicted octanol–water partition coefficient (Wildman–Crippen LogP) is 2.99. The van der Waals surface area contributed by atoms with Gasteiger partial charge in [-0.05, 0) is 36.6 Å². The van der Waals surface area contributed by atoms with E-state index in [0.717, 1.165) is 17.5 Å². The summed E-state index contributed by atoms with van der Waals surface area (Å²) in [5.74, 6) is -0.127. The van der Waals surface area contributed by atoms with Crippen LogP contribution < -0.4 is 5.32 Å². The Morgan fingerprint density at radius 2 is 1.89 bits per heavy atom. The van der Waals surface area contributed by atoms with Crippen LogP contribution in [-0.2, 0) is 16.4 Å². The lowest BCUT2D eigenvalue weighted by molar-refractivity contribution is 0.0952. The lowest BCUT2D eigenvalue weighted by atomic mass is 10.0. The zero-order valence-electron chi connectivity index (χ0n) is 15.6. The summed E-state index contributed by atoms with van der Waals surface area (Å²) in [6.07, 6.45) is 1.16. The summed E-state index contributed by atoms with van der Waals surface area (Å²) in [7, 11) is -3.24. The maximum Gasteiger partial charge on any atom is 0.259 e. The minimum atomic E-state index is -3.24. The molecule has 1 amide bonds. The van der Waals surface area contributed by atoms with E-state index < -0.39 is 9.84 Å². The Kier molecular flexibility index (Phi) is 5.01. The number of nitrogens with one attached hydrogen (secondary N) is 1. The third-order valence-corrected chi connectivity index (χ3v) is 5.41. The molecule has 1 aromatic carbocycles. The maximum absolute atomic E-state index is 12.8. The highest BCUT2D eigenvalue weighted by atomic mass is 32.2. The molecule has 0 aliphatic carbocycles. The quantitative estimate of drug-likeness (QED) is 0.722. The number of aryl methyl sites for hydroxylation is 1. The van der Waals surface area contributed by atoms with E-state index in [1.165, 1.54) is 12.1 Å². The third-order valence-electron chi connectivity index (χ3n) is 4.28. The molecule has 142 valence electrons. The normalized spacial score (nSPS) is 11.9. The molecule has 0 aliphatic heterocycles. The molecule has 0 aliphatic rings. The molecule has 0 spiro atoms. The zero-order chi connectivity index (χ0) is 19.8. The fraction of sp³-hybridized carbons (Fsp3) is 0.316. The minimum absolute atomic E-state index is 0.134. The van der Waals surface area contributed by atoms with Crippen molar-refractivity contribution in [3.05, 3.63) is 52.8 Å². The molecular weight excluding hydrogens is 366 g/mol. The number of aromatic nitrogens is 2. The molecule has 0 fully saturated rings. The van der Waals surface area contributed by atoms with Gasteiger partial charge in [-0.2, -0.15) is 0 Å². The molecular formula is C19H21N3O4S. The topological polar surface area (TPSA) is 102 Å². The number of carbonyl (C=O) groups excluding carboxylic acids is 1. The van der Waals surface area contributed by atoms with Crippen LogP contribution in [0.2, 0.25) is 0 Å². The van der Waals surface area contributed by atoms with Gasteiger partial charge < -0.3 is 9.84 Å². The van der Waals surface area contributed by atoms with E-state index in [0.29, 0.717) is 22.4 Å². The summed E-state index contributed by atoms with van der Waals surface area (Å²) in [5.41, 5.74) is 2.97.